The zero-order chi connectivity index (χ0) is 4.57. The monoisotopic (exact) mass is 120 g/mol. The number of aliphatic imine (C=N–C) groups is 1. The Bertz CT molecular complexity index is 111. The Hall–Kier alpha value is -0.0100. The molecule has 0 saturated carbocycles. The van der Waals surface area contributed by atoms with Gasteiger partial charge in [-0.3, -0.25) is 0 Å². The van der Waals surface area contributed by atoms with Crippen LogP contribution in [0.3, 0.4) is 0 Å². The molecule has 0 unspecified atom stereocenters. The highest BCUT2D eigenvalue weighted by Crippen LogP contribution is 2.19. The fraction of sp³-hybridized carbons (Fsp3) is 0. The van der Waals surface area contributed by atoms with Crippen LogP contribution in [0.5, 0.6) is 0 Å². The molecule has 1 nitrogen and oxygen atoms in total. The van der Waals surface area contributed by atoms with Gasteiger partial charge in [0.1, 0.15) is 11.2 Å². The van der Waals surface area contributed by atoms with Gasteiger partial charge in [0.15, 0.2) is 5.16 Å². The maximum Gasteiger partial charge on any atom is 0.150 e. The highest BCUT2D eigenvalue weighted by molar-refractivity contribution is 6.48. The molecule has 0 aromatic carbocycles. The van der Waals surface area contributed by atoms with Gasteiger partial charge >= 0.3 is 0 Å². The second-order valence-electron chi connectivity index (χ2n) is 0.828. The van der Waals surface area contributed by atoms with Crippen molar-refractivity contribution in [2.24, 2.45) is 4.99 Å². The number of halogens is 2. The van der Waals surface area contributed by atoms with Gasteiger partial charge in [0.25, 0.3) is 0 Å². The van der Waals surface area contributed by atoms with Crippen LogP contribution in [-0.4, -0.2) is 6.21 Å². The molecule has 0 amide bonds. The molecule has 31 valence electrons. The Labute approximate surface area is 45.3 Å². The van der Waals surface area contributed by atoms with Crippen LogP contribution in [-0.2, 0) is 0 Å². The third-order valence-electron chi connectivity index (χ3n) is 0.433. The molecule has 0 saturated heterocycles. The molecule has 6 heavy (non-hydrogen) atoms. The van der Waals surface area contributed by atoms with E-state index in [1.165, 1.54) is 0 Å². The van der Waals surface area contributed by atoms with Crippen LogP contribution in [0.1, 0.15) is 0 Å². The summed E-state index contributed by atoms with van der Waals surface area (Å²) in [5.41, 5.74) is 0. The van der Waals surface area contributed by atoms with Crippen LogP contribution >= 0.6 is 23.2 Å². The predicted molar refractivity (Wildman–Crippen MR) is 26.2 cm³/mol. The Morgan fingerprint density at radius 3 is 2.00 bits per heavy atom. The van der Waals surface area contributed by atoms with E-state index in [9.17, 15) is 0 Å². The molecule has 1 heterocycles. The molecule has 1 aliphatic heterocycles. The second kappa shape index (κ2) is 1.24. The SMILES string of the molecule is ClC1=C(Cl)N=[C]1. The van der Waals surface area contributed by atoms with Gasteiger partial charge < -0.3 is 0 Å². The fourth-order valence-corrected chi connectivity index (χ4v) is 0.309. The topological polar surface area (TPSA) is 12.4 Å². The van der Waals surface area contributed by atoms with Crippen molar-refractivity contribution in [1.82, 2.24) is 0 Å². The summed E-state index contributed by atoms with van der Waals surface area (Å²) in [6.45, 7) is 0. The lowest BCUT2D eigenvalue weighted by Gasteiger charge is -1.96. The highest BCUT2D eigenvalue weighted by Gasteiger charge is 2.04. The Morgan fingerprint density at radius 1 is 1.50 bits per heavy atom. The van der Waals surface area contributed by atoms with Crippen LogP contribution in [0, 0.1) is 0 Å². The van der Waals surface area contributed by atoms with Gasteiger partial charge in [0, 0.05) is 0 Å². The quantitative estimate of drug-likeness (QED) is 0.431. The van der Waals surface area contributed by atoms with Gasteiger partial charge in [-0.2, -0.15) is 0 Å². The molecule has 1 radical (unpaired) electrons. The van der Waals surface area contributed by atoms with Gasteiger partial charge in [0.05, 0.1) is 0 Å². The zero-order valence-corrected chi connectivity index (χ0v) is 4.22. The van der Waals surface area contributed by atoms with Crippen molar-refractivity contribution in [2.75, 3.05) is 0 Å². The smallest absolute Gasteiger partial charge is 0.150 e. The summed E-state index contributed by atoms with van der Waals surface area (Å²) in [4.78, 5) is 3.41. The Kier molecular flexibility index (Phi) is 0.862. The number of allylic oxidation sites excluding steroid dienone is 1. The lowest BCUT2D eigenvalue weighted by molar-refractivity contribution is 1.47. The van der Waals surface area contributed by atoms with Gasteiger partial charge in [-0.15, -0.1) is 0 Å². The molecule has 0 N–H and O–H groups in total. The summed E-state index contributed by atoms with van der Waals surface area (Å²) in [6, 6.07) is 0. The van der Waals surface area contributed by atoms with E-state index in [2.05, 4.69) is 11.2 Å². The molecule has 0 aromatic rings. The maximum atomic E-state index is 5.24. The first kappa shape index (κ1) is 4.16. The normalized spacial score (nSPS) is 18.3. The van der Waals surface area contributed by atoms with E-state index in [0.29, 0.717) is 10.2 Å². The van der Waals surface area contributed by atoms with Crippen LogP contribution in [0.15, 0.2) is 15.2 Å². The first-order chi connectivity index (χ1) is 2.80. The third kappa shape index (κ3) is 0.441. The highest BCUT2D eigenvalue weighted by atomic mass is 35.5. The van der Waals surface area contributed by atoms with Gasteiger partial charge in [-0.1, -0.05) is 23.2 Å². The molecular formula is C3Cl2N. The van der Waals surface area contributed by atoms with Crippen molar-refractivity contribution in [3.63, 3.8) is 0 Å². The summed E-state index contributed by atoms with van der Waals surface area (Å²) >= 11 is 10.5. The fourth-order valence-electron chi connectivity index (χ4n) is 0.140. The van der Waals surface area contributed by atoms with Gasteiger partial charge in [-0.25, -0.2) is 4.99 Å². The number of nitrogens with zero attached hydrogens (tertiary/aromatic N) is 1. The second-order valence-corrected chi connectivity index (χ2v) is 1.56. The van der Waals surface area contributed by atoms with Crippen molar-refractivity contribution >= 4 is 29.4 Å². The van der Waals surface area contributed by atoms with E-state index in [4.69, 9.17) is 23.2 Å². The first-order valence-corrected chi connectivity index (χ1v) is 2.08. The minimum atomic E-state index is 0.358. The molecule has 0 bridgehead atoms. The average molecular weight is 121 g/mol. The van der Waals surface area contributed by atoms with Crippen LogP contribution in [0.2, 0.25) is 0 Å². The lowest BCUT2D eigenvalue weighted by atomic mass is 10.5. The third-order valence-corrected chi connectivity index (χ3v) is 1.07. The van der Waals surface area contributed by atoms with Crippen molar-refractivity contribution in [1.29, 1.82) is 0 Å². The van der Waals surface area contributed by atoms with Crippen LogP contribution in [0.25, 0.3) is 0 Å². The molecule has 0 spiro atoms. The van der Waals surface area contributed by atoms with Crippen LogP contribution in [0.4, 0.5) is 0 Å². The average Bonchev–Trinajstić information content (AvgIpc) is 1.61. The number of rotatable bonds is 0. The summed E-state index contributed by atoms with van der Waals surface area (Å²) in [5, 5.41) is 0.785. The molecule has 0 aliphatic carbocycles. The van der Waals surface area contributed by atoms with Crippen molar-refractivity contribution in [3.8, 4) is 0 Å². The number of hydrogen-bond acceptors (Lipinski definition) is 1. The molecule has 0 fully saturated rings. The maximum absolute atomic E-state index is 5.24. The molecule has 0 atom stereocenters. The van der Waals surface area contributed by atoms with E-state index in [-0.39, 0.29) is 0 Å². The van der Waals surface area contributed by atoms with E-state index in [0.717, 1.165) is 0 Å². The summed E-state index contributed by atoms with van der Waals surface area (Å²) in [5.74, 6) is 0. The molecule has 1 rings (SSSR count). The van der Waals surface area contributed by atoms with E-state index >= 15 is 0 Å². The summed E-state index contributed by atoms with van der Waals surface area (Å²) < 4.78 is 0. The van der Waals surface area contributed by atoms with Crippen molar-refractivity contribution < 1.29 is 0 Å². The minimum absolute atomic E-state index is 0.358. The molecule has 0 aromatic heterocycles. The summed E-state index contributed by atoms with van der Waals surface area (Å²) in [6.07, 6.45) is 2.40. The molecule has 3 heteroatoms. The minimum Gasteiger partial charge on any atom is -0.231 e. The molecular weight excluding hydrogens is 121 g/mol. The van der Waals surface area contributed by atoms with Crippen LogP contribution < -0.4 is 0 Å². The predicted octanol–water partition coefficient (Wildman–Crippen LogP) is 1.59. The van der Waals surface area contributed by atoms with E-state index in [1.807, 2.05) is 0 Å². The lowest BCUT2D eigenvalue weighted by Crippen LogP contribution is -1.86. The first-order valence-electron chi connectivity index (χ1n) is 1.33. The Morgan fingerprint density at radius 2 is 2.00 bits per heavy atom. The summed E-state index contributed by atoms with van der Waals surface area (Å²) in [7, 11) is 0. The standard InChI is InChI=1S/C3Cl2N/c4-2-1-6-3(2)5. The van der Waals surface area contributed by atoms with E-state index < -0.39 is 0 Å². The van der Waals surface area contributed by atoms with E-state index in [1.54, 1.807) is 0 Å². The number of hydrogen-bond donors (Lipinski definition) is 0. The zero-order valence-electron chi connectivity index (χ0n) is 2.70. The van der Waals surface area contributed by atoms with Gasteiger partial charge in [-0.05, 0) is 0 Å². The van der Waals surface area contributed by atoms with Gasteiger partial charge in [0.2, 0.25) is 0 Å². The molecule has 1 aliphatic rings. The van der Waals surface area contributed by atoms with Crippen molar-refractivity contribution in [2.45, 2.75) is 0 Å². The Balaban J connectivity index is 2.71. The largest absolute Gasteiger partial charge is 0.231 e. The van der Waals surface area contributed by atoms with Crippen molar-refractivity contribution in [3.05, 3.63) is 10.2 Å².